The minimum absolute atomic E-state index is 0. The van der Waals surface area contributed by atoms with Crippen LogP contribution in [0, 0.1) is 0 Å². The maximum atomic E-state index is 9.23. The first-order chi connectivity index (χ1) is 2.56. The number of hydrogen-bond acceptors (Lipinski definition) is 3. The van der Waals surface area contributed by atoms with E-state index in [-0.39, 0.29) is 9.90 Å². The molecule has 4 nitrogen and oxygen atoms in total. The second-order valence-corrected chi connectivity index (χ2v) is 3.40. The van der Waals surface area contributed by atoms with E-state index in [2.05, 4.69) is 0 Å². The molecule has 0 saturated heterocycles. The minimum atomic E-state index is -4.25. The van der Waals surface area contributed by atoms with Gasteiger partial charge in [0.25, 0.3) is 0 Å². The lowest BCUT2D eigenvalue weighted by atomic mass is 15.9. The largest absolute Gasteiger partial charge is 0.349 e. The molecule has 0 aromatic rings. The lowest BCUT2D eigenvalue weighted by Crippen LogP contribution is -1.78. The van der Waals surface area contributed by atoms with Gasteiger partial charge in [0.1, 0.15) is 0 Å². The lowest BCUT2D eigenvalue weighted by molar-refractivity contribution is 0.497. The van der Waals surface area contributed by atoms with Crippen LogP contribution in [0.4, 0.5) is 0 Å². The van der Waals surface area contributed by atoms with Crippen molar-refractivity contribution in [2.24, 2.45) is 0 Å². The average molecular weight is 162 g/mol. The smallest absolute Gasteiger partial charge is 0.277 e. The first-order valence-corrected chi connectivity index (χ1v) is 3.74. The van der Waals surface area contributed by atoms with Gasteiger partial charge in [-0.05, 0) is 0 Å². The van der Waals surface area contributed by atoms with Crippen molar-refractivity contribution in [2.75, 3.05) is 0 Å². The third-order valence-electron chi connectivity index (χ3n) is 0.0942. The Bertz CT molecular complexity index is 120. The first kappa shape index (κ1) is 10.4. The highest BCUT2D eigenvalue weighted by atomic mass is 32.8. The molecule has 0 fully saturated rings. The van der Waals surface area contributed by atoms with Crippen molar-refractivity contribution in [3.05, 3.63) is 0 Å². The molecule has 0 aliphatic rings. The third kappa shape index (κ3) is 10.7. The van der Waals surface area contributed by atoms with Crippen molar-refractivity contribution >= 4 is 27.3 Å². The molecule has 0 bridgehead atoms. The van der Waals surface area contributed by atoms with E-state index >= 15 is 0 Å². The number of rotatable bonds is 1. The minimum Gasteiger partial charge on any atom is -0.277 e. The van der Waals surface area contributed by atoms with Crippen LogP contribution in [0.1, 0.15) is 0 Å². The molecule has 0 heterocycles. The molecule has 0 rings (SSSR count). The van der Waals surface area contributed by atoms with Crippen LogP contribution in [-0.2, 0) is 14.3 Å². The van der Waals surface area contributed by atoms with Gasteiger partial charge in [-0.25, -0.2) is 0 Å². The van der Waals surface area contributed by atoms with Gasteiger partial charge in [-0.1, -0.05) is 0 Å². The van der Waals surface area contributed by atoms with Crippen molar-refractivity contribution in [3.63, 3.8) is 0 Å². The van der Waals surface area contributed by atoms with E-state index in [9.17, 15) is 8.42 Å². The maximum Gasteiger partial charge on any atom is 0.349 e. The Balaban J connectivity index is 0. The molecule has 0 spiro atoms. The monoisotopic (exact) mass is 162 g/mol. The third-order valence-corrected chi connectivity index (χ3v) is 0.848. The van der Waals surface area contributed by atoms with E-state index in [1.807, 2.05) is 0 Å². The Morgan fingerprint density at radius 1 is 1.43 bits per heavy atom. The summed E-state index contributed by atoms with van der Waals surface area (Å²) in [6, 6.07) is 0. The van der Waals surface area contributed by atoms with Crippen LogP contribution >= 0.6 is 17.6 Å². The summed E-state index contributed by atoms with van der Waals surface area (Å²) < 4.78 is 35.0. The van der Waals surface area contributed by atoms with Gasteiger partial charge in [-0.15, -0.1) is 0 Å². The van der Waals surface area contributed by atoms with Gasteiger partial charge in [-0.3, -0.25) is 9.12 Å². The van der Waals surface area contributed by atoms with E-state index in [1.165, 1.54) is 0 Å². The SMILES string of the molecule is O=PS(=O)(=O)O.P. The quantitative estimate of drug-likeness (QED) is 0.439. The Kier molecular flexibility index (Phi) is 5.13. The van der Waals surface area contributed by atoms with Gasteiger partial charge in [0.05, 0.1) is 0 Å². The molecule has 7 heteroatoms. The summed E-state index contributed by atoms with van der Waals surface area (Å²) >= 11 is 0. The van der Waals surface area contributed by atoms with Gasteiger partial charge < -0.3 is 0 Å². The topological polar surface area (TPSA) is 71.4 Å². The molecule has 0 aromatic heterocycles. The molecule has 0 aromatic carbocycles. The molecule has 44 valence electrons. The van der Waals surface area contributed by atoms with Gasteiger partial charge in [0, 0.05) is 0 Å². The summed E-state index contributed by atoms with van der Waals surface area (Å²) in [5.74, 6) is 0. The fourth-order valence-electron chi connectivity index (χ4n) is 0. The Hall–Kier alpha value is 0.440. The molecule has 7 heavy (non-hydrogen) atoms. The Morgan fingerprint density at radius 2 is 1.57 bits per heavy atom. The molecule has 0 saturated carbocycles. The first-order valence-electron chi connectivity index (χ1n) is 0.881. The van der Waals surface area contributed by atoms with Crippen LogP contribution in [0.3, 0.4) is 0 Å². The average Bonchev–Trinajstić information content (AvgIpc) is 1.35. The summed E-state index contributed by atoms with van der Waals surface area (Å²) in [5, 5.41) is 0. The Morgan fingerprint density at radius 3 is 1.57 bits per heavy atom. The summed E-state index contributed by atoms with van der Waals surface area (Å²) in [7, 11) is -5.49. The van der Waals surface area contributed by atoms with Gasteiger partial charge >= 0.3 is 17.4 Å². The molecule has 1 atom stereocenters. The highest BCUT2D eigenvalue weighted by Gasteiger charge is 1.97. The second kappa shape index (κ2) is 3.44. The molecule has 0 radical (unpaired) electrons. The summed E-state index contributed by atoms with van der Waals surface area (Å²) in [5.41, 5.74) is 0. The van der Waals surface area contributed by atoms with E-state index < -0.39 is 17.4 Å². The Labute approximate surface area is 45.6 Å². The van der Waals surface area contributed by atoms with Crippen LogP contribution in [0.5, 0.6) is 0 Å². The van der Waals surface area contributed by atoms with Gasteiger partial charge in [0.15, 0.2) is 0 Å². The highest BCUT2D eigenvalue weighted by Crippen LogP contribution is 1.99. The second-order valence-electron chi connectivity index (χ2n) is 0.522. The molecule has 1 N–H and O–H groups in total. The molecule has 0 amide bonds. The molecule has 0 aliphatic carbocycles. The predicted molar refractivity (Wildman–Crippen MR) is 30.3 cm³/mol. The van der Waals surface area contributed by atoms with Crippen molar-refractivity contribution < 1.29 is 17.5 Å². The van der Waals surface area contributed by atoms with E-state index in [1.54, 1.807) is 0 Å². The summed E-state index contributed by atoms with van der Waals surface area (Å²) in [6.45, 7) is 0. The van der Waals surface area contributed by atoms with Crippen LogP contribution in [-0.4, -0.2) is 13.0 Å². The lowest BCUT2D eigenvalue weighted by Gasteiger charge is -1.66. The zero-order chi connectivity index (χ0) is 5.21. The fraction of sp³-hybridized carbons (Fsp3) is 0. The number of hydrogen-bond donors (Lipinski definition) is 1. The standard InChI is InChI=1S/HO4PS.H3P/c1-5-6(2,3)4;/h(H,2,3,4);1H3. The van der Waals surface area contributed by atoms with Crippen LogP contribution in [0.2, 0.25) is 0 Å². The van der Waals surface area contributed by atoms with Crippen molar-refractivity contribution in [3.8, 4) is 0 Å². The van der Waals surface area contributed by atoms with E-state index in [0.717, 1.165) is 0 Å². The highest BCUT2D eigenvalue weighted by molar-refractivity contribution is 8.36. The molecular weight excluding hydrogens is 158 g/mol. The van der Waals surface area contributed by atoms with Crippen molar-refractivity contribution in [1.82, 2.24) is 0 Å². The van der Waals surface area contributed by atoms with E-state index in [4.69, 9.17) is 9.12 Å². The van der Waals surface area contributed by atoms with Crippen molar-refractivity contribution in [2.45, 2.75) is 0 Å². The van der Waals surface area contributed by atoms with Gasteiger partial charge in [-0.2, -0.15) is 18.3 Å². The van der Waals surface area contributed by atoms with Gasteiger partial charge in [0.2, 0.25) is 0 Å². The van der Waals surface area contributed by atoms with Crippen molar-refractivity contribution in [1.29, 1.82) is 0 Å². The fourth-order valence-corrected chi connectivity index (χ4v) is 0. The molecular formula is H4O4P2S. The molecule has 1 unspecified atom stereocenters. The summed E-state index contributed by atoms with van der Waals surface area (Å²) in [4.78, 5) is 0. The zero-order valence-electron chi connectivity index (χ0n) is 3.23. The summed E-state index contributed by atoms with van der Waals surface area (Å²) in [6.07, 6.45) is 0. The molecule has 0 aliphatic heterocycles. The zero-order valence-corrected chi connectivity index (χ0v) is 6.36. The predicted octanol–water partition coefficient (Wildman–Crippen LogP) is 0.139. The maximum absolute atomic E-state index is 9.23. The van der Waals surface area contributed by atoms with E-state index in [0.29, 0.717) is 0 Å². The normalized spacial score (nSPS) is 10.4. The van der Waals surface area contributed by atoms with Crippen LogP contribution < -0.4 is 0 Å². The van der Waals surface area contributed by atoms with Crippen LogP contribution in [0.15, 0.2) is 0 Å². The van der Waals surface area contributed by atoms with Crippen LogP contribution in [0.25, 0.3) is 0 Å².